The van der Waals surface area contributed by atoms with E-state index in [1.165, 1.54) is 0 Å². The average molecular weight is 219 g/mol. The first kappa shape index (κ1) is 11.1. The van der Waals surface area contributed by atoms with Gasteiger partial charge in [-0.15, -0.1) is 0 Å². The molecule has 1 aromatic rings. The zero-order chi connectivity index (χ0) is 11.5. The molecule has 16 heavy (non-hydrogen) atoms. The summed E-state index contributed by atoms with van der Waals surface area (Å²) in [6.07, 6.45) is 0.786. The van der Waals surface area contributed by atoms with Crippen LogP contribution in [-0.2, 0) is 4.74 Å². The first-order chi connectivity index (χ1) is 7.72. The molecular formula is C13H17NO2. The molecule has 0 saturated heterocycles. The monoisotopic (exact) mass is 219 g/mol. The fraction of sp³-hybridized carbons (Fsp3) is 0.462. The third-order valence-corrected chi connectivity index (χ3v) is 3.03. The Labute approximate surface area is 96.0 Å². The lowest BCUT2D eigenvalue weighted by Crippen LogP contribution is -2.37. The Morgan fingerprint density at radius 1 is 1.44 bits per heavy atom. The quantitative estimate of drug-likeness (QED) is 0.779. The fourth-order valence-electron chi connectivity index (χ4n) is 2.05. The van der Waals surface area contributed by atoms with Crippen LogP contribution in [0.1, 0.15) is 23.7 Å². The van der Waals surface area contributed by atoms with Gasteiger partial charge in [0.1, 0.15) is 0 Å². The minimum absolute atomic E-state index is 0.182. The third-order valence-electron chi connectivity index (χ3n) is 3.03. The van der Waals surface area contributed by atoms with Gasteiger partial charge in [-0.25, -0.2) is 0 Å². The van der Waals surface area contributed by atoms with Crippen LogP contribution in [0, 0.1) is 0 Å². The molecule has 3 nitrogen and oxygen atoms in total. The van der Waals surface area contributed by atoms with E-state index >= 15 is 0 Å². The number of carbonyl (C=O) groups is 1. The van der Waals surface area contributed by atoms with Crippen molar-refractivity contribution in [2.75, 3.05) is 25.1 Å². The van der Waals surface area contributed by atoms with Crippen LogP contribution in [0.3, 0.4) is 0 Å². The molecule has 0 aliphatic carbocycles. The molecule has 3 heteroatoms. The van der Waals surface area contributed by atoms with Gasteiger partial charge in [-0.3, -0.25) is 4.79 Å². The number of carbonyl (C=O) groups excluding carboxylic acids is 1. The molecule has 1 aromatic carbocycles. The van der Waals surface area contributed by atoms with E-state index in [4.69, 9.17) is 4.74 Å². The van der Waals surface area contributed by atoms with Gasteiger partial charge in [-0.05, 0) is 19.1 Å². The second-order valence-electron chi connectivity index (χ2n) is 4.18. The van der Waals surface area contributed by atoms with Gasteiger partial charge in [-0.1, -0.05) is 12.1 Å². The highest BCUT2D eigenvalue weighted by Crippen LogP contribution is 2.26. The second-order valence-corrected chi connectivity index (χ2v) is 4.18. The van der Waals surface area contributed by atoms with Crippen molar-refractivity contribution < 1.29 is 9.53 Å². The molecule has 0 N–H and O–H groups in total. The van der Waals surface area contributed by atoms with Crippen LogP contribution in [0.25, 0.3) is 0 Å². The first-order valence-corrected chi connectivity index (χ1v) is 5.62. The Morgan fingerprint density at radius 3 is 2.94 bits per heavy atom. The molecule has 86 valence electrons. The Hall–Kier alpha value is -1.35. The predicted octanol–water partition coefficient (Wildman–Crippen LogP) is 2.11. The number of benzene rings is 1. The lowest BCUT2D eigenvalue weighted by Gasteiger charge is -2.32. The van der Waals surface area contributed by atoms with Crippen LogP contribution >= 0.6 is 0 Å². The van der Waals surface area contributed by atoms with Crippen molar-refractivity contribution in [2.45, 2.75) is 19.4 Å². The molecule has 1 unspecified atom stereocenters. The number of methoxy groups -OCH3 is 1. The summed E-state index contributed by atoms with van der Waals surface area (Å²) in [7, 11) is 1.71. The van der Waals surface area contributed by atoms with E-state index in [1.807, 2.05) is 31.2 Å². The van der Waals surface area contributed by atoms with Gasteiger partial charge in [0.05, 0.1) is 6.10 Å². The first-order valence-electron chi connectivity index (χ1n) is 5.62. The highest BCUT2D eigenvalue weighted by atomic mass is 16.5. The van der Waals surface area contributed by atoms with E-state index in [0.29, 0.717) is 6.42 Å². The molecule has 0 amide bonds. The maximum absolute atomic E-state index is 11.7. The SMILES string of the molecule is COC(C)CN1CCC(=O)c2ccccc21. The van der Waals surface area contributed by atoms with Crippen molar-refractivity contribution in [3.05, 3.63) is 29.8 Å². The summed E-state index contributed by atoms with van der Waals surface area (Å²) in [4.78, 5) is 14.0. The minimum Gasteiger partial charge on any atom is -0.380 e. The highest BCUT2D eigenvalue weighted by molar-refractivity contribution is 6.03. The smallest absolute Gasteiger partial charge is 0.166 e. The number of Topliss-reactive ketones (excluding diaryl/α,β-unsaturated/α-hetero) is 1. The molecular weight excluding hydrogens is 202 g/mol. The zero-order valence-corrected chi connectivity index (χ0v) is 9.77. The van der Waals surface area contributed by atoms with Gasteiger partial charge in [0.15, 0.2) is 5.78 Å². The van der Waals surface area contributed by atoms with Crippen molar-refractivity contribution in [1.29, 1.82) is 0 Å². The second kappa shape index (κ2) is 4.66. The molecule has 0 fully saturated rings. The predicted molar refractivity (Wildman–Crippen MR) is 64.1 cm³/mol. The summed E-state index contributed by atoms with van der Waals surface area (Å²) in [6, 6.07) is 7.80. The van der Waals surface area contributed by atoms with E-state index in [0.717, 1.165) is 24.3 Å². The molecule has 0 bridgehead atoms. The summed E-state index contributed by atoms with van der Waals surface area (Å²) in [5.41, 5.74) is 1.89. The molecule has 1 atom stereocenters. The van der Waals surface area contributed by atoms with E-state index in [2.05, 4.69) is 4.90 Å². The molecule has 0 spiro atoms. The number of ether oxygens (including phenoxy) is 1. The number of hydrogen-bond donors (Lipinski definition) is 0. The highest BCUT2D eigenvalue weighted by Gasteiger charge is 2.23. The third kappa shape index (κ3) is 2.09. The van der Waals surface area contributed by atoms with Crippen LogP contribution in [0.5, 0.6) is 0 Å². The van der Waals surface area contributed by atoms with Crippen LogP contribution < -0.4 is 4.90 Å². The summed E-state index contributed by atoms with van der Waals surface area (Å²) >= 11 is 0. The molecule has 0 saturated carbocycles. The van der Waals surface area contributed by atoms with Crippen LogP contribution in [0.2, 0.25) is 0 Å². The number of para-hydroxylation sites is 1. The van der Waals surface area contributed by atoms with Gasteiger partial charge >= 0.3 is 0 Å². The molecule has 0 radical (unpaired) electrons. The molecule has 2 rings (SSSR count). The number of nitrogens with zero attached hydrogens (tertiary/aromatic N) is 1. The van der Waals surface area contributed by atoms with Crippen molar-refractivity contribution in [3.63, 3.8) is 0 Å². The maximum Gasteiger partial charge on any atom is 0.166 e. The zero-order valence-electron chi connectivity index (χ0n) is 9.77. The number of hydrogen-bond acceptors (Lipinski definition) is 3. The summed E-state index contributed by atoms with van der Waals surface area (Å²) in [5.74, 6) is 0.247. The molecule has 1 aliphatic heterocycles. The number of ketones is 1. The van der Waals surface area contributed by atoms with Gasteiger partial charge in [0.25, 0.3) is 0 Å². The largest absolute Gasteiger partial charge is 0.380 e. The van der Waals surface area contributed by atoms with E-state index in [1.54, 1.807) is 7.11 Å². The Kier molecular flexibility index (Phi) is 3.25. The van der Waals surface area contributed by atoms with Crippen molar-refractivity contribution >= 4 is 11.5 Å². The van der Waals surface area contributed by atoms with Gasteiger partial charge in [0, 0.05) is 37.9 Å². The summed E-state index contributed by atoms with van der Waals surface area (Å²) < 4.78 is 5.27. The van der Waals surface area contributed by atoms with E-state index in [-0.39, 0.29) is 11.9 Å². The van der Waals surface area contributed by atoms with Crippen molar-refractivity contribution in [1.82, 2.24) is 0 Å². The molecule has 1 aliphatic rings. The number of rotatable bonds is 3. The van der Waals surface area contributed by atoms with Gasteiger partial charge in [-0.2, -0.15) is 0 Å². The fourth-order valence-corrected chi connectivity index (χ4v) is 2.05. The van der Waals surface area contributed by atoms with Crippen molar-refractivity contribution in [2.24, 2.45) is 0 Å². The average Bonchev–Trinajstić information content (AvgIpc) is 2.33. The van der Waals surface area contributed by atoms with Crippen LogP contribution in [0.15, 0.2) is 24.3 Å². The lowest BCUT2D eigenvalue weighted by molar-refractivity contribution is 0.0971. The lowest BCUT2D eigenvalue weighted by atomic mass is 10.0. The topological polar surface area (TPSA) is 29.5 Å². The standard InChI is InChI=1S/C13H17NO2/c1-10(16-2)9-14-8-7-13(15)11-5-3-4-6-12(11)14/h3-6,10H,7-9H2,1-2H3. The molecule has 1 heterocycles. The summed E-state index contributed by atoms with van der Waals surface area (Å²) in [5, 5.41) is 0. The number of fused-ring (bicyclic) bond motifs is 1. The van der Waals surface area contributed by atoms with Gasteiger partial charge < -0.3 is 9.64 Å². The Balaban J connectivity index is 2.24. The maximum atomic E-state index is 11.7. The Bertz CT molecular complexity index is 389. The van der Waals surface area contributed by atoms with Gasteiger partial charge in [0.2, 0.25) is 0 Å². The molecule has 0 aromatic heterocycles. The minimum atomic E-state index is 0.182. The number of anilines is 1. The Morgan fingerprint density at radius 2 is 2.19 bits per heavy atom. The van der Waals surface area contributed by atoms with Crippen LogP contribution in [0.4, 0.5) is 5.69 Å². The summed E-state index contributed by atoms with van der Waals surface area (Å²) in [6.45, 7) is 3.67. The van der Waals surface area contributed by atoms with E-state index < -0.39 is 0 Å². The van der Waals surface area contributed by atoms with E-state index in [9.17, 15) is 4.79 Å². The van der Waals surface area contributed by atoms with Crippen LogP contribution in [-0.4, -0.2) is 32.1 Å². The van der Waals surface area contributed by atoms with Crippen molar-refractivity contribution in [3.8, 4) is 0 Å². The normalized spacial score (nSPS) is 17.1.